The highest BCUT2D eigenvalue weighted by molar-refractivity contribution is 7.89. The molecule has 0 amide bonds. The highest BCUT2D eigenvalue weighted by atomic mass is 35.5. The van der Waals surface area contributed by atoms with Gasteiger partial charge in [0.25, 0.3) is 5.92 Å². The van der Waals surface area contributed by atoms with E-state index in [4.69, 9.17) is 28.9 Å². The molecule has 1 fully saturated rings. The quantitative estimate of drug-likeness (QED) is 0.533. The molecule has 30 heavy (non-hydrogen) atoms. The van der Waals surface area contributed by atoms with Crippen LogP contribution in [-0.2, 0) is 10.0 Å². The first-order valence-electron chi connectivity index (χ1n) is 8.77. The molecule has 0 radical (unpaired) electrons. The van der Waals surface area contributed by atoms with Gasteiger partial charge in [-0.2, -0.15) is 9.40 Å². The molecule has 0 aliphatic carbocycles. The van der Waals surface area contributed by atoms with Crippen LogP contribution in [0.25, 0.3) is 22.0 Å². The summed E-state index contributed by atoms with van der Waals surface area (Å²) in [5.41, 5.74) is 7.41. The van der Waals surface area contributed by atoms with Gasteiger partial charge in [0, 0.05) is 22.6 Å². The van der Waals surface area contributed by atoms with Gasteiger partial charge in [-0.15, -0.1) is 0 Å². The molecule has 160 valence electrons. The second kappa shape index (κ2) is 7.31. The molecule has 7 nitrogen and oxygen atoms in total. The summed E-state index contributed by atoms with van der Waals surface area (Å²) in [5.74, 6) is -3.00. The van der Waals surface area contributed by atoms with Crippen molar-refractivity contribution in [1.82, 2.24) is 14.5 Å². The number of nitrogens with one attached hydrogen (secondary N) is 1. The molecule has 0 saturated carbocycles. The van der Waals surface area contributed by atoms with E-state index in [9.17, 15) is 22.3 Å². The van der Waals surface area contributed by atoms with E-state index < -0.39 is 41.6 Å². The lowest BCUT2D eigenvalue weighted by atomic mass is 10.0. The average molecular weight is 477 g/mol. The van der Waals surface area contributed by atoms with Gasteiger partial charge in [-0.25, -0.2) is 17.2 Å². The van der Waals surface area contributed by atoms with Gasteiger partial charge >= 0.3 is 0 Å². The number of alkyl halides is 2. The Morgan fingerprint density at radius 2 is 1.97 bits per heavy atom. The minimum atomic E-state index is -4.29. The smallest absolute Gasteiger partial charge is 0.263 e. The predicted molar refractivity (Wildman–Crippen MR) is 110 cm³/mol. The number of nitrogens with zero attached hydrogens (tertiary/aromatic N) is 2. The van der Waals surface area contributed by atoms with Crippen molar-refractivity contribution in [3.05, 3.63) is 40.4 Å². The normalized spacial score (nSPS) is 19.6. The Balaban J connectivity index is 1.76. The summed E-state index contributed by atoms with van der Waals surface area (Å²) in [4.78, 5) is -0.257. The van der Waals surface area contributed by atoms with Crippen molar-refractivity contribution in [2.24, 2.45) is 0 Å². The summed E-state index contributed by atoms with van der Waals surface area (Å²) in [5, 5.41) is 16.8. The molecule has 12 heteroatoms. The maximum atomic E-state index is 13.7. The van der Waals surface area contributed by atoms with Crippen LogP contribution in [0.5, 0.6) is 0 Å². The number of fused-ring (bicyclic) bond motifs is 1. The summed E-state index contributed by atoms with van der Waals surface area (Å²) in [6.45, 7) is -1.70. The Kier molecular flexibility index (Phi) is 5.18. The number of aromatic amines is 1. The van der Waals surface area contributed by atoms with Gasteiger partial charge in [0.15, 0.2) is 5.82 Å². The third kappa shape index (κ3) is 3.42. The van der Waals surface area contributed by atoms with Crippen molar-refractivity contribution in [2.75, 3.05) is 18.9 Å². The predicted octanol–water partition coefficient (Wildman–Crippen LogP) is 3.51. The van der Waals surface area contributed by atoms with E-state index in [0.717, 1.165) is 0 Å². The van der Waals surface area contributed by atoms with Crippen molar-refractivity contribution in [3.63, 3.8) is 0 Å². The third-order valence-electron chi connectivity index (χ3n) is 5.07. The number of halogens is 4. The van der Waals surface area contributed by atoms with E-state index >= 15 is 0 Å². The highest BCUT2D eigenvalue weighted by Gasteiger charge is 2.49. The Bertz CT molecular complexity index is 1250. The maximum Gasteiger partial charge on any atom is 0.263 e. The minimum absolute atomic E-state index is 0.0610. The van der Waals surface area contributed by atoms with Gasteiger partial charge in [-0.1, -0.05) is 35.3 Å². The largest absolute Gasteiger partial charge is 0.395 e. The third-order valence-corrected chi connectivity index (χ3v) is 7.67. The van der Waals surface area contributed by atoms with Crippen LogP contribution in [-0.4, -0.2) is 53.1 Å². The maximum absolute atomic E-state index is 13.7. The van der Waals surface area contributed by atoms with E-state index in [1.165, 1.54) is 18.2 Å². The highest BCUT2D eigenvalue weighted by Crippen LogP contribution is 2.41. The van der Waals surface area contributed by atoms with E-state index in [-0.39, 0.29) is 20.8 Å². The van der Waals surface area contributed by atoms with Crippen molar-refractivity contribution >= 4 is 49.9 Å². The molecular weight excluding hydrogens is 461 g/mol. The minimum Gasteiger partial charge on any atom is -0.395 e. The topological polar surface area (TPSA) is 112 Å². The number of sulfonamides is 1. The number of hydrogen-bond acceptors (Lipinski definition) is 5. The number of H-pyrrole nitrogens is 1. The van der Waals surface area contributed by atoms with Crippen molar-refractivity contribution in [3.8, 4) is 11.1 Å². The van der Waals surface area contributed by atoms with E-state index in [2.05, 4.69) is 10.2 Å². The van der Waals surface area contributed by atoms with Gasteiger partial charge in [-0.3, -0.25) is 5.10 Å². The molecular formula is C18H16Cl2F2N4O3S. The standard InChI is InChI=1S/C18H16Cl2F2N4O3S/c19-13-5-10(30(28,29)26-8-18(21,22)6-9(26)7-27)1-2-11(13)12-3-4-14-15(16(12)20)17(23)25-24-14/h1-5,9,27H,6-8H2,(H3,23,24,25)/t9-/m0/s1. The number of benzene rings is 2. The van der Waals surface area contributed by atoms with Crippen LogP contribution in [0.3, 0.4) is 0 Å². The fourth-order valence-electron chi connectivity index (χ4n) is 3.62. The lowest BCUT2D eigenvalue weighted by Crippen LogP contribution is -2.38. The lowest BCUT2D eigenvalue weighted by molar-refractivity contribution is 0.0161. The first-order chi connectivity index (χ1) is 14.0. The van der Waals surface area contributed by atoms with Crippen LogP contribution < -0.4 is 5.73 Å². The van der Waals surface area contributed by atoms with Crippen LogP contribution >= 0.6 is 23.2 Å². The summed E-state index contributed by atoms with van der Waals surface area (Å²) >= 11 is 12.8. The summed E-state index contributed by atoms with van der Waals surface area (Å²) in [6, 6.07) is 6.07. The number of aliphatic hydroxyl groups excluding tert-OH is 1. The SMILES string of the molecule is Nc1n[nH]c2ccc(-c3ccc(S(=O)(=O)N4CC(F)(F)C[C@H]4CO)cc3Cl)c(Cl)c12. The Labute approximate surface area is 180 Å². The number of nitrogen functional groups attached to an aromatic ring is 1. The molecule has 1 atom stereocenters. The Morgan fingerprint density at radius 3 is 2.63 bits per heavy atom. The molecule has 1 aliphatic rings. The molecule has 0 bridgehead atoms. The number of hydrogen-bond donors (Lipinski definition) is 3. The van der Waals surface area contributed by atoms with Crippen LogP contribution in [0, 0.1) is 0 Å². The van der Waals surface area contributed by atoms with Crippen LogP contribution in [0.15, 0.2) is 35.2 Å². The van der Waals surface area contributed by atoms with Gasteiger partial charge in [0.05, 0.1) is 40.0 Å². The number of aliphatic hydroxyl groups is 1. The summed E-state index contributed by atoms with van der Waals surface area (Å²) < 4.78 is 53.9. The molecule has 1 aromatic heterocycles. The second-order valence-electron chi connectivity index (χ2n) is 7.05. The zero-order chi connectivity index (χ0) is 21.8. The average Bonchev–Trinajstić information content (AvgIpc) is 3.22. The summed E-state index contributed by atoms with van der Waals surface area (Å²) in [7, 11) is -4.29. The number of anilines is 1. The zero-order valence-electron chi connectivity index (χ0n) is 15.2. The second-order valence-corrected chi connectivity index (χ2v) is 9.72. The molecule has 0 unspecified atom stereocenters. The summed E-state index contributed by atoms with van der Waals surface area (Å²) in [6.07, 6.45) is -0.740. The van der Waals surface area contributed by atoms with Gasteiger partial charge in [0.1, 0.15) is 0 Å². The molecule has 2 aromatic carbocycles. The van der Waals surface area contributed by atoms with Gasteiger partial charge < -0.3 is 10.8 Å². The molecule has 4 rings (SSSR count). The first kappa shape index (κ1) is 21.3. The lowest BCUT2D eigenvalue weighted by Gasteiger charge is -2.22. The number of rotatable bonds is 4. The zero-order valence-corrected chi connectivity index (χ0v) is 17.6. The molecule has 3 aromatic rings. The van der Waals surface area contributed by atoms with Crippen LogP contribution in [0.1, 0.15) is 6.42 Å². The van der Waals surface area contributed by atoms with E-state index in [0.29, 0.717) is 26.3 Å². The van der Waals surface area contributed by atoms with E-state index in [1.807, 2.05) is 0 Å². The van der Waals surface area contributed by atoms with E-state index in [1.54, 1.807) is 12.1 Å². The van der Waals surface area contributed by atoms with Gasteiger partial charge in [-0.05, 0) is 18.2 Å². The first-order valence-corrected chi connectivity index (χ1v) is 11.0. The monoisotopic (exact) mass is 476 g/mol. The molecule has 0 spiro atoms. The molecule has 1 aliphatic heterocycles. The fourth-order valence-corrected chi connectivity index (χ4v) is 6.00. The van der Waals surface area contributed by atoms with Crippen LogP contribution in [0.4, 0.5) is 14.6 Å². The molecule has 1 saturated heterocycles. The Hall–Kier alpha value is -1.98. The number of nitrogens with two attached hydrogens (primary N) is 1. The number of aromatic nitrogens is 2. The Morgan fingerprint density at radius 1 is 1.27 bits per heavy atom. The van der Waals surface area contributed by atoms with Crippen molar-refractivity contribution in [1.29, 1.82) is 0 Å². The van der Waals surface area contributed by atoms with Gasteiger partial charge in [0.2, 0.25) is 10.0 Å². The van der Waals surface area contributed by atoms with Crippen molar-refractivity contribution in [2.45, 2.75) is 23.3 Å². The molecule has 2 heterocycles. The van der Waals surface area contributed by atoms with Crippen molar-refractivity contribution < 1.29 is 22.3 Å². The fraction of sp³-hybridized carbons (Fsp3) is 0.278. The van der Waals surface area contributed by atoms with Crippen LogP contribution in [0.2, 0.25) is 10.0 Å². The molecule has 4 N–H and O–H groups in total.